The molecule has 108 valence electrons. The summed E-state index contributed by atoms with van der Waals surface area (Å²) in [6, 6.07) is 0.376. The van der Waals surface area contributed by atoms with E-state index in [-0.39, 0.29) is 22.7 Å². The van der Waals surface area contributed by atoms with Crippen LogP contribution in [0.2, 0.25) is 0 Å². The summed E-state index contributed by atoms with van der Waals surface area (Å²) < 4.78 is 6.08. The summed E-state index contributed by atoms with van der Waals surface area (Å²) in [7, 11) is 0. The van der Waals surface area contributed by atoms with Gasteiger partial charge in [-0.1, -0.05) is 13.8 Å². The molecule has 0 saturated carbocycles. The van der Waals surface area contributed by atoms with Gasteiger partial charge < -0.3 is 15.2 Å². The van der Waals surface area contributed by atoms with Gasteiger partial charge in [0.25, 0.3) is 0 Å². The Labute approximate surface area is 112 Å². The molecule has 0 aromatic carbocycles. The van der Waals surface area contributed by atoms with Crippen LogP contribution in [0, 0.1) is 5.41 Å². The average molecular weight is 257 g/mol. The van der Waals surface area contributed by atoms with E-state index in [0.29, 0.717) is 6.04 Å². The Morgan fingerprint density at radius 1 is 1.33 bits per heavy atom. The Morgan fingerprint density at radius 2 is 1.89 bits per heavy atom. The molecule has 0 bridgehead atoms. The minimum absolute atomic E-state index is 0.0461. The highest BCUT2D eigenvalue weighted by molar-refractivity contribution is 4.99. The van der Waals surface area contributed by atoms with Gasteiger partial charge in [0.05, 0.1) is 17.3 Å². The lowest BCUT2D eigenvalue weighted by Gasteiger charge is -2.32. The van der Waals surface area contributed by atoms with E-state index in [0.717, 1.165) is 19.4 Å². The number of nitrogens with one attached hydrogen (secondary N) is 1. The van der Waals surface area contributed by atoms with Gasteiger partial charge in [-0.3, -0.25) is 0 Å². The molecule has 0 aromatic heterocycles. The van der Waals surface area contributed by atoms with Gasteiger partial charge in [0.1, 0.15) is 0 Å². The van der Waals surface area contributed by atoms with Gasteiger partial charge in [0, 0.05) is 12.6 Å². The standard InChI is InChI=1S/C15H31NO2/c1-11(17)8-13(2,3)10-16-12-9-14(4,5)18-15(12,6)7/h11-12,16-17H,8-10H2,1-7H3. The normalized spacial score (nSPS) is 28.3. The van der Waals surface area contributed by atoms with E-state index in [1.165, 1.54) is 0 Å². The molecule has 1 rings (SSSR count). The van der Waals surface area contributed by atoms with Crippen LogP contribution in [0.1, 0.15) is 61.3 Å². The van der Waals surface area contributed by atoms with Gasteiger partial charge in [-0.15, -0.1) is 0 Å². The van der Waals surface area contributed by atoms with E-state index in [2.05, 4.69) is 46.9 Å². The number of aliphatic hydroxyl groups excluding tert-OH is 1. The van der Waals surface area contributed by atoms with Crippen LogP contribution in [0.5, 0.6) is 0 Å². The topological polar surface area (TPSA) is 41.5 Å². The molecular formula is C15H31NO2. The highest BCUT2D eigenvalue weighted by Crippen LogP contribution is 2.37. The summed E-state index contributed by atoms with van der Waals surface area (Å²) in [4.78, 5) is 0. The van der Waals surface area contributed by atoms with E-state index >= 15 is 0 Å². The van der Waals surface area contributed by atoms with Crippen molar-refractivity contribution in [1.82, 2.24) is 5.32 Å². The lowest BCUT2D eigenvalue weighted by atomic mass is 9.85. The summed E-state index contributed by atoms with van der Waals surface area (Å²) >= 11 is 0. The molecular weight excluding hydrogens is 226 g/mol. The first-order valence-corrected chi connectivity index (χ1v) is 7.05. The van der Waals surface area contributed by atoms with Gasteiger partial charge in [-0.25, -0.2) is 0 Å². The third-order valence-corrected chi connectivity index (χ3v) is 3.75. The molecule has 1 saturated heterocycles. The van der Waals surface area contributed by atoms with Crippen molar-refractivity contribution in [2.45, 2.75) is 84.7 Å². The van der Waals surface area contributed by atoms with Crippen LogP contribution in [-0.2, 0) is 4.74 Å². The Kier molecular flexibility index (Phi) is 4.52. The Bertz CT molecular complexity index is 282. The molecule has 1 aliphatic heterocycles. The molecule has 2 atom stereocenters. The fraction of sp³-hybridized carbons (Fsp3) is 1.00. The smallest absolute Gasteiger partial charge is 0.0787 e. The van der Waals surface area contributed by atoms with E-state index in [1.807, 2.05) is 6.92 Å². The highest BCUT2D eigenvalue weighted by Gasteiger charge is 2.45. The van der Waals surface area contributed by atoms with Crippen molar-refractivity contribution in [3.05, 3.63) is 0 Å². The van der Waals surface area contributed by atoms with Gasteiger partial charge in [0.15, 0.2) is 0 Å². The first-order valence-electron chi connectivity index (χ1n) is 7.05. The van der Waals surface area contributed by atoms with Crippen molar-refractivity contribution in [2.24, 2.45) is 5.41 Å². The average Bonchev–Trinajstić information content (AvgIpc) is 2.28. The van der Waals surface area contributed by atoms with E-state index in [9.17, 15) is 5.11 Å². The zero-order chi connectivity index (χ0) is 14.2. The number of ether oxygens (including phenoxy) is 1. The molecule has 2 N–H and O–H groups in total. The van der Waals surface area contributed by atoms with Gasteiger partial charge >= 0.3 is 0 Å². The fourth-order valence-corrected chi connectivity index (χ4v) is 3.15. The lowest BCUT2D eigenvalue weighted by molar-refractivity contribution is -0.0702. The van der Waals surface area contributed by atoms with Crippen molar-refractivity contribution in [2.75, 3.05) is 6.54 Å². The zero-order valence-corrected chi connectivity index (χ0v) is 13.1. The van der Waals surface area contributed by atoms with Gasteiger partial charge in [-0.2, -0.15) is 0 Å². The molecule has 0 spiro atoms. The monoisotopic (exact) mass is 257 g/mol. The van der Waals surface area contributed by atoms with Gasteiger partial charge in [-0.05, 0) is 52.9 Å². The van der Waals surface area contributed by atoms with Crippen molar-refractivity contribution in [3.63, 3.8) is 0 Å². The number of aliphatic hydroxyl groups is 1. The Balaban J connectivity index is 2.53. The molecule has 0 amide bonds. The van der Waals surface area contributed by atoms with Crippen LogP contribution in [0.3, 0.4) is 0 Å². The van der Waals surface area contributed by atoms with E-state index in [1.54, 1.807) is 0 Å². The predicted octanol–water partition coefficient (Wildman–Crippen LogP) is 2.72. The Hall–Kier alpha value is -0.120. The SMILES string of the molecule is CC(O)CC(C)(C)CNC1CC(C)(C)OC1(C)C. The molecule has 1 aliphatic rings. The molecule has 1 heterocycles. The quantitative estimate of drug-likeness (QED) is 0.795. The summed E-state index contributed by atoms with van der Waals surface area (Å²) in [5, 5.41) is 13.2. The number of hydrogen-bond acceptors (Lipinski definition) is 3. The third kappa shape index (κ3) is 4.52. The lowest BCUT2D eigenvalue weighted by Crippen LogP contribution is -2.47. The maximum absolute atomic E-state index is 9.51. The molecule has 0 aliphatic carbocycles. The summed E-state index contributed by atoms with van der Waals surface area (Å²) in [5.41, 5.74) is -0.0586. The molecule has 0 aromatic rings. The Morgan fingerprint density at radius 3 is 2.28 bits per heavy atom. The van der Waals surface area contributed by atoms with Crippen molar-refractivity contribution in [3.8, 4) is 0 Å². The van der Waals surface area contributed by atoms with Crippen LogP contribution >= 0.6 is 0 Å². The molecule has 3 nitrogen and oxygen atoms in total. The first kappa shape index (κ1) is 15.9. The van der Waals surface area contributed by atoms with E-state index < -0.39 is 0 Å². The van der Waals surface area contributed by atoms with Crippen LogP contribution in [0.4, 0.5) is 0 Å². The highest BCUT2D eigenvalue weighted by atomic mass is 16.5. The summed E-state index contributed by atoms with van der Waals surface area (Å²) in [6.07, 6.45) is 1.60. The van der Waals surface area contributed by atoms with Crippen LogP contribution < -0.4 is 5.32 Å². The molecule has 3 heteroatoms. The molecule has 18 heavy (non-hydrogen) atoms. The minimum atomic E-state index is -0.244. The second-order valence-corrected chi connectivity index (χ2v) is 7.82. The molecule has 1 fully saturated rings. The molecule has 0 radical (unpaired) electrons. The summed E-state index contributed by atoms with van der Waals surface area (Å²) in [5.74, 6) is 0. The fourth-order valence-electron chi connectivity index (χ4n) is 3.15. The van der Waals surface area contributed by atoms with E-state index in [4.69, 9.17) is 4.74 Å². The largest absolute Gasteiger partial charge is 0.393 e. The van der Waals surface area contributed by atoms with Crippen molar-refractivity contribution in [1.29, 1.82) is 0 Å². The van der Waals surface area contributed by atoms with Crippen LogP contribution in [0.15, 0.2) is 0 Å². The van der Waals surface area contributed by atoms with Crippen LogP contribution in [0.25, 0.3) is 0 Å². The minimum Gasteiger partial charge on any atom is -0.393 e. The van der Waals surface area contributed by atoms with Crippen molar-refractivity contribution >= 4 is 0 Å². The first-order chi connectivity index (χ1) is 7.94. The molecule has 2 unspecified atom stereocenters. The second kappa shape index (κ2) is 5.10. The number of hydrogen-bond donors (Lipinski definition) is 2. The third-order valence-electron chi connectivity index (χ3n) is 3.75. The predicted molar refractivity (Wildman–Crippen MR) is 75.7 cm³/mol. The summed E-state index contributed by atoms with van der Waals surface area (Å²) in [6.45, 7) is 15.8. The zero-order valence-electron chi connectivity index (χ0n) is 13.1. The van der Waals surface area contributed by atoms with Gasteiger partial charge in [0.2, 0.25) is 0 Å². The maximum atomic E-state index is 9.51. The second-order valence-electron chi connectivity index (χ2n) is 7.82. The van der Waals surface area contributed by atoms with Crippen molar-refractivity contribution < 1.29 is 9.84 Å². The maximum Gasteiger partial charge on any atom is 0.0787 e. The van der Waals surface area contributed by atoms with Crippen LogP contribution in [-0.4, -0.2) is 35.0 Å². The number of rotatable bonds is 5.